The van der Waals surface area contributed by atoms with Gasteiger partial charge in [-0.05, 0) is 6.42 Å². The topological polar surface area (TPSA) is 86.6 Å². The minimum Gasteiger partial charge on any atom is -0.394 e. The van der Waals surface area contributed by atoms with Crippen LogP contribution >= 0.6 is 0 Å². The van der Waals surface area contributed by atoms with E-state index in [9.17, 15) is 0 Å². The number of nitrogens with two attached hydrogens (primary N) is 1. The standard InChI is InChI=1S/C12H21N7/c1-4-5-9-11(13)12(19(3)16-9)14-7-6-10-15-8-18(2)17-10/h8,14H,4-7,13H2,1-3H3. The van der Waals surface area contributed by atoms with Crippen LogP contribution in [0.15, 0.2) is 6.33 Å². The van der Waals surface area contributed by atoms with Crippen LogP contribution in [0, 0.1) is 0 Å². The van der Waals surface area contributed by atoms with Gasteiger partial charge < -0.3 is 11.1 Å². The minimum atomic E-state index is 0.735. The number of anilines is 2. The Kier molecular flexibility index (Phi) is 4.03. The molecule has 2 aromatic rings. The van der Waals surface area contributed by atoms with E-state index in [4.69, 9.17) is 5.73 Å². The summed E-state index contributed by atoms with van der Waals surface area (Å²) >= 11 is 0. The second-order valence-electron chi connectivity index (χ2n) is 4.59. The first kappa shape index (κ1) is 13.4. The van der Waals surface area contributed by atoms with Crippen LogP contribution < -0.4 is 11.1 Å². The molecule has 0 spiro atoms. The zero-order chi connectivity index (χ0) is 13.8. The Hall–Kier alpha value is -2.05. The molecular formula is C12H21N7. The minimum absolute atomic E-state index is 0.735. The Bertz CT molecular complexity index is 540. The van der Waals surface area contributed by atoms with E-state index in [2.05, 4.69) is 27.4 Å². The summed E-state index contributed by atoms with van der Waals surface area (Å²) in [7, 11) is 3.76. The third kappa shape index (κ3) is 3.04. The molecule has 0 aliphatic rings. The first-order valence-corrected chi connectivity index (χ1v) is 6.51. The molecule has 0 amide bonds. The highest BCUT2D eigenvalue weighted by molar-refractivity contribution is 5.65. The van der Waals surface area contributed by atoms with E-state index in [1.54, 1.807) is 15.7 Å². The smallest absolute Gasteiger partial charge is 0.152 e. The number of nitrogens with zero attached hydrogens (tertiary/aromatic N) is 5. The van der Waals surface area contributed by atoms with Crippen molar-refractivity contribution in [2.45, 2.75) is 26.2 Å². The summed E-state index contributed by atoms with van der Waals surface area (Å²) in [5.74, 6) is 1.70. The Morgan fingerprint density at radius 2 is 2.05 bits per heavy atom. The maximum atomic E-state index is 6.09. The Morgan fingerprint density at radius 3 is 2.68 bits per heavy atom. The van der Waals surface area contributed by atoms with Crippen LogP contribution in [0.1, 0.15) is 24.9 Å². The lowest BCUT2D eigenvalue weighted by atomic mass is 10.2. The van der Waals surface area contributed by atoms with Crippen LogP contribution in [0.3, 0.4) is 0 Å². The molecule has 2 aromatic heterocycles. The predicted molar refractivity (Wildman–Crippen MR) is 74.8 cm³/mol. The molecule has 104 valence electrons. The summed E-state index contributed by atoms with van der Waals surface area (Å²) in [6.45, 7) is 2.85. The first-order valence-electron chi connectivity index (χ1n) is 6.51. The summed E-state index contributed by atoms with van der Waals surface area (Å²) in [4.78, 5) is 4.18. The third-order valence-electron chi connectivity index (χ3n) is 2.94. The van der Waals surface area contributed by atoms with Gasteiger partial charge in [0, 0.05) is 27.1 Å². The maximum absolute atomic E-state index is 6.09. The van der Waals surface area contributed by atoms with Gasteiger partial charge in [0.1, 0.15) is 12.1 Å². The van der Waals surface area contributed by atoms with Crippen LogP contribution in [-0.4, -0.2) is 31.1 Å². The molecule has 0 unspecified atom stereocenters. The van der Waals surface area contributed by atoms with Crippen molar-refractivity contribution in [3.63, 3.8) is 0 Å². The number of aryl methyl sites for hydroxylation is 3. The summed E-state index contributed by atoms with van der Waals surface area (Å²) in [6.07, 6.45) is 4.41. The molecule has 0 saturated carbocycles. The fourth-order valence-electron chi connectivity index (χ4n) is 2.02. The van der Waals surface area contributed by atoms with Crippen LogP contribution in [0.2, 0.25) is 0 Å². The molecule has 0 fully saturated rings. The Balaban J connectivity index is 1.95. The molecule has 19 heavy (non-hydrogen) atoms. The molecule has 0 aliphatic heterocycles. The van der Waals surface area contributed by atoms with E-state index in [-0.39, 0.29) is 0 Å². The SMILES string of the molecule is CCCc1nn(C)c(NCCc2ncn(C)n2)c1N. The van der Waals surface area contributed by atoms with Crippen molar-refractivity contribution >= 4 is 11.5 Å². The second-order valence-corrected chi connectivity index (χ2v) is 4.59. The maximum Gasteiger partial charge on any atom is 0.152 e. The molecular weight excluding hydrogens is 242 g/mol. The summed E-state index contributed by atoms with van der Waals surface area (Å²) in [5.41, 5.74) is 7.80. The van der Waals surface area contributed by atoms with E-state index in [0.717, 1.165) is 48.8 Å². The van der Waals surface area contributed by atoms with Crippen LogP contribution in [0.4, 0.5) is 11.5 Å². The zero-order valence-electron chi connectivity index (χ0n) is 11.7. The number of hydrogen-bond acceptors (Lipinski definition) is 5. The number of rotatable bonds is 6. The Labute approximate surface area is 112 Å². The third-order valence-corrected chi connectivity index (χ3v) is 2.94. The molecule has 2 rings (SSSR count). The average molecular weight is 263 g/mol. The van der Waals surface area contributed by atoms with Gasteiger partial charge in [0.25, 0.3) is 0 Å². The Morgan fingerprint density at radius 1 is 1.26 bits per heavy atom. The number of nitrogens with one attached hydrogen (secondary N) is 1. The van der Waals surface area contributed by atoms with E-state index < -0.39 is 0 Å². The number of hydrogen-bond donors (Lipinski definition) is 2. The van der Waals surface area contributed by atoms with Gasteiger partial charge in [-0.1, -0.05) is 13.3 Å². The summed E-state index contributed by atoms with van der Waals surface area (Å²) in [6, 6.07) is 0. The highest BCUT2D eigenvalue weighted by Gasteiger charge is 2.12. The fourth-order valence-corrected chi connectivity index (χ4v) is 2.02. The number of aromatic nitrogens is 5. The van der Waals surface area contributed by atoms with E-state index in [1.807, 2.05) is 14.1 Å². The van der Waals surface area contributed by atoms with Crippen molar-refractivity contribution < 1.29 is 0 Å². The molecule has 2 heterocycles. The highest BCUT2D eigenvalue weighted by Crippen LogP contribution is 2.22. The van der Waals surface area contributed by atoms with Gasteiger partial charge >= 0.3 is 0 Å². The summed E-state index contributed by atoms with van der Waals surface area (Å²) < 4.78 is 3.50. The second kappa shape index (κ2) is 5.73. The largest absolute Gasteiger partial charge is 0.394 e. The highest BCUT2D eigenvalue weighted by atomic mass is 15.3. The lowest BCUT2D eigenvalue weighted by Crippen LogP contribution is -2.10. The molecule has 0 bridgehead atoms. The van der Waals surface area contributed by atoms with Crippen molar-refractivity contribution in [1.82, 2.24) is 24.5 Å². The predicted octanol–water partition coefficient (Wildman–Crippen LogP) is 0.738. The van der Waals surface area contributed by atoms with Gasteiger partial charge in [-0.3, -0.25) is 9.36 Å². The monoisotopic (exact) mass is 263 g/mol. The van der Waals surface area contributed by atoms with E-state index in [0.29, 0.717) is 0 Å². The normalized spacial score (nSPS) is 10.9. The molecule has 0 aliphatic carbocycles. The van der Waals surface area contributed by atoms with Crippen LogP contribution in [0.5, 0.6) is 0 Å². The van der Waals surface area contributed by atoms with Gasteiger partial charge in [0.05, 0.1) is 11.4 Å². The van der Waals surface area contributed by atoms with Crippen molar-refractivity contribution in [1.29, 1.82) is 0 Å². The lowest BCUT2D eigenvalue weighted by molar-refractivity contribution is 0.727. The summed E-state index contributed by atoms with van der Waals surface area (Å²) in [5, 5.41) is 12.0. The van der Waals surface area contributed by atoms with Gasteiger partial charge in [-0.25, -0.2) is 4.98 Å². The number of nitrogen functional groups attached to an aromatic ring is 1. The van der Waals surface area contributed by atoms with Crippen LogP contribution in [0.25, 0.3) is 0 Å². The molecule has 0 atom stereocenters. The van der Waals surface area contributed by atoms with Crippen molar-refractivity contribution in [3.05, 3.63) is 17.8 Å². The first-order chi connectivity index (χ1) is 9.11. The van der Waals surface area contributed by atoms with Gasteiger partial charge in [0.2, 0.25) is 0 Å². The van der Waals surface area contributed by atoms with Crippen molar-refractivity contribution in [2.75, 3.05) is 17.6 Å². The fraction of sp³-hybridized carbons (Fsp3) is 0.583. The van der Waals surface area contributed by atoms with E-state index in [1.165, 1.54) is 0 Å². The molecule has 7 heteroatoms. The van der Waals surface area contributed by atoms with E-state index >= 15 is 0 Å². The quantitative estimate of drug-likeness (QED) is 0.802. The lowest BCUT2D eigenvalue weighted by Gasteiger charge is -2.06. The zero-order valence-corrected chi connectivity index (χ0v) is 11.7. The van der Waals surface area contributed by atoms with Gasteiger partial charge in [-0.15, -0.1) is 0 Å². The molecule has 0 radical (unpaired) electrons. The van der Waals surface area contributed by atoms with Crippen molar-refractivity contribution in [2.24, 2.45) is 14.1 Å². The van der Waals surface area contributed by atoms with Gasteiger partial charge in [-0.2, -0.15) is 10.2 Å². The van der Waals surface area contributed by atoms with Gasteiger partial charge in [0.15, 0.2) is 5.82 Å². The molecule has 0 saturated heterocycles. The average Bonchev–Trinajstić information content (AvgIpc) is 2.89. The van der Waals surface area contributed by atoms with Crippen LogP contribution in [-0.2, 0) is 26.9 Å². The molecule has 7 nitrogen and oxygen atoms in total. The van der Waals surface area contributed by atoms with Crippen molar-refractivity contribution in [3.8, 4) is 0 Å². The molecule has 3 N–H and O–H groups in total. The molecule has 0 aromatic carbocycles.